The number of hydrogen-bond donors (Lipinski definition) is 3. The summed E-state index contributed by atoms with van der Waals surface area (Å²) in [6, 6.07) is 12.4. The van der Waals surface area contributed by atoms with E-state index < -0.39 is 17.8 Å². The van der Waals surface area contributed by atoms with Crippen molar-refractivity contribution in [1.82, 2.24) is 16.2 Å². The van der Waals surface area contributed by atoms with E-state index in [9.17, 15) is 18.0 Å². The van der Waals surface area contributed by atoms with Gasteiger partial charge in [0.05, 0.1) is 5.56 Å². The van der Waals surface area contributed by atoms with Crippen molar-refractivity contribution in [3.05, 3.63) is 69.7 Å². The standard InChI is InChI=1S/C18H17BrF3N3O/c19-13-7-5-11(6-8-13)15-9-16(25-24-15)17(26)23-10-12-3-1-2-4-14(12)18(20,21)22/h1-8,15-16,24-25H,9-10H2,(H,23,26). The number of amides is 1. The van der Waals surface area contributed by atoms with E-state index in [1.54, 1.807) is 0 Å². The summed E-state index contributed by atoms with van der Waals surface area (Å²) in [7, 11) is 0. The van der Waals surface area contributed by atoms with Gasteiger partial charge in [0.25, 0.3) is 0 Å². The van der Waals surface area contributed by atoms with Gasteiger partial charge in [-0.2, -0.15) is 13.2 Å². The molecule has 1 fully saturated rings. The number of carbonyl (C=O) groups is 1. The Balaban J connectivity index is 1.59. The second-order valence-corrected chi connectivity index (χ2v) is 6.97. The average molecular weight is 428 g/mol. The largest absolute Gasteiger partial charge is 0.416 e. The van der Waals surface area contributed by atoms with Crippen LogP contribution in [-0.4, -0.2) is 11.9 Å². The molecule has 0 aliphatic carbocycles. The van der Waals surface area contributed by atoms with Gasteiger partial charge < -0.3 is 5.32 Å². The zero-order valence-electron chi connectivity index (χ0n) is 13.6. The van der Waals surface area contributed by atoms with Crippen molar-refractivity contribution in [2.45, 2.75) is 31.2 Å². The van der Waals surface area contributed by atoms with Crippen molar-refractivity contribution in [1.29, 1.82) is 0 Å². The molecule has 2 atom stereocenters. The Morgan fingerprint density at radius 3 is 2.50 bits per heavy atom. The van der Waals surface area contributed by atoms with Crippen LogP contribution in [0.5, 0.6) is 0 Å². The number of nitrogens with one attached hydrogen (secondary N) is 3. The Morgan fingerprint density at radius 1 is 1.12 bits per heavy atom. The van der Waals surface area contributed by atoms with Crippen LogP contribution in [0.3, 0.4) is 0 Å². The summed E-state index contributed by atoms with van der Waals surface area (Å²) in [5.41, 5.74) is 6.30. The molecule has 3 N–H and O–H groups in total. The monoisotopic (exact) mass is 427 g/mol. The molecule has 0 spiro atoms. The minimum absolute atomic E-state index is 0.0405. The van der Waals surface area contributed by atoms with Crippen LogP contribution >= 0.6 is 15.9 Å². The van der Waals surface area contributed by atoms with E-state index in [1.165, 1.54) is 18.2 Å². The molecule has 138 valence electrons. The molecule has 4 nitrogen and oxygen atoms in total. The van der Waals surface area contributed by atoms with E-state index in [4.69, 9.17) is 0 Å². The maximum Gasteiger partial charge on any atom is 0.416 e. The van der Waals surface area contributed by atoms with Gasteiger partial charge in [-0.25, -0.2) is 10.9 Å². The molecule has 26 heavy (non-hydrogen) atoms. The van der Waals surface area contributed by atoms with Crippen LogP contribution in [0.2, 0.25) is 0 Å². The fourth-order valence-corrected chi connectivity index (χ4v) is 3.16. The normalized spacial score (nSPS) is 20.2. The summed E-state index contributed by atoms with van der Waals surface area (Å²) in [5.74, 6) is -0.339. The average Bonchev–Trinajstić information content (AvgIpc) is 3.10. The smallest absolute Gasteiger partial charge is 0.351 e. The number of rotatable bonds is 4. The maximum atomic E-state index is 13.0. The Hall–Kier alpha value is -1.90. The van der Waals surface area contributed by atoms with Gasteiger partial charge in [-0.3, -0.25) is 4.79 Å². The van der Waals surface area contributed by atoms with E-state index in [2.05, 4.69) is 32.1 Å². The van der Waals surface area contributed by atoms with Crippen LogP contribution in [0.1, 0.15) is 29.2 Å². The van der Waals surface area contributed by atoms with Crippen LogP contribution in [-0.2, 0) is 17.5 Å². The second kappa shape index (κ2) is 7.77. The third-order valence-electron chi connectivity index (χ3n) is 4.27. The first-order chi connectivity index (χ1) is 12.3. The van der Waals surface area contributed by atoms with Crippen LogP contribution in [0, 0.1) is 0 Å². The third kappa shape index (κ3) is 4.44. The number of benzene rings is 2. The Labute approximate surface area is 157 Å². The van der Waals surface area contributed by atoms with Gasteiger partial charge in [-0.05, 0) is 35.7 Å². The summed E-state index contributed by atoms with van der Waals surface area (Å²) in [5, 5.41) is 2.59. The lowest BCUT2D eigenvalue weighted by Crippen LogP contribution is -2.43. The van der Waals surface area contributed by atoms with E-state index in [1.807, 2.05) is 24.3 Å². The number of hydrazine groups is 1. The summed E-state index contributed by atoms with van der Waals surface area (Å²) in [6.07, 6.45) is -3.93. The minimum atomic E-state index is -4.44. The molecule has 0 aromatic heterocycles. The van der Waals surface area contributed by atoms with Crippen molar-refractivity contribution >= 4 is 21.8 Å². The molecule has 3 rings (SSSR count). The Bertz CT molecular complexity index is 780. The van der Waals surface area contributed by atoms with E-state index >= 15 is 0 Å². The predicted molar refractivity (Wildman–Crippen MR) is 94.9 cm³/mol. The SMILES string of the molecule is O=C(NCc1ccccc1C(F)(F)F)C1CC(c2ccc(Br)cc2)NN1. The molecule has 0 radical (unpaired) electrons. The minimum Gasteiger partial charge on any atom is -0.351 e. The molecule has 1 saturated heterocycles. The van der Waals surface area contributed by atoms with Crippen LogP contribution in [0.15, 0.2) is 53.0 Å². The summed E-state index contributed by atoms with van der Waals surface area (Å²) < 4.78 is 40.0. The molecule has 0 saturated carbocycles. The van der Waals surface area contributed by atoms with E-state index in [0.717, 1.165) is 16.1 Å². The fourth-order valence-electron chi connectivity index (χ4n) is 2.90. The second-order valence-electron chi connectivity index (χ2n) is 6.05. The van der Waals surface area contributed by atoms with Crippen LogP contribution in [0.25, 0.3) is 0 Å². The van der Waals surface area contributed by atoms with Crippen LogP contribution in [0.4, 0.5) is 13.2 Å². The molecule has 1 amide bonds. The summed E-state index contributed by atoms with van der Waals surface area (Å²) in [4.78, 5) is 12.3. The molecule has 2 aromatic carbocycles. The lowest BCUT2D eigenvalue weighted by molar-refractivity contribution is -0.138. The third-order valence-corrected chi connectivity index (χ3v) is 4.80. The van der Waals surface area contributed by atoms with Crippen molar-refractivity contribution in [2.24, 2.45) is 0 Å². The molecule has 2 aromatic rings. The Kier molecular flexibility index (Phi) is 5.64. The van der Waals surface area contributed by atoms with Gasteiger partial charge in [0.1, 0.15) is 6.04 Å². The lowest BCUT2D eigenvalue weighted by Gasteiger charge is -2.15. The highest BCUT2D eigenvalue weighted by Crippen LogP contribution is 2.31. The van der Waals surface area contributed by atoms with Crippen molar-refractivity contribution < 1.29 is 18.0 Å². The zero-order chi connectivity index (χ0) is 18.7. The molecular weight excluding hydrogens is 411 g/mol. The van der Waals surface area contributed by atoms with E-state index in [0.29, 0.717) is 6.42 Å². The number of hydrogen-bond acceptors (Lipinski definition) is 3. The first-order valence-corrected chi connectivity index (χ1v) is 8.83. The lowest BCUT2D eigenvalue weighted by atomic mass is 10.0. The highest BCUT2D eigenvalue weighted by molar-refractivity contribution is 9.10. The molecular formula is C18H17BrF3N3O. The maximum absolute atomic E-state index is 13.0. The predicted octanol–water partition coefficient (Wildman–Crippen LogP) is 3.69. The first kappa shape index (κ1) is 18.9. The molecule has 0 bridgehead atoms. The highest BCUT2D eigenvalue weighted by atomic mass is 79.9. The van der Waals surface area contributed by atoms with Crippen molar-refractivity contribution in [3.8, 4) is 0 Å². The summed E-state index contributed by atoms with van der Waals surface area (Å²) >= 11 is 3.37. The fraction of sp³-hybridized carbons (Fsp3) is 0.278. The van der Waals surface area contributed by atoms with E-state index in [-0.39, 0.29) is 24.1 Å². The molecule has 1 aliphatic heterocycles. The van der Waals surface area contributed by atoms with Gasteiger partial charge in [0.15, 0.2) is 0 Å². The Morgan fingerprint density at radius 2 is 1.81 bits per heavy atom. The molecule has 1 heterocycles. The molecule has 2 unspecified atom stereocenters. The topological polar surface area (TPSA) is 53.2 Å². The number of halogens is 4. The van der Waals surface area contributed by atoms with Gasteiger partial charge in [-0.15, -0.1) is 0 Å². The molecule has 8 heteroatoms. The quantitative estimate of drug-likeness (QED) is 0.697. The number of carbonyl (C=O) groups excluding carboxylic acids is 1. The number of alkyl halides is 3. The summed E-state index contributed by atoms with van der Waals surface area (Å²) in [6.45, 7) is -0.171. The van der Waals surface area contributed by atoms with Gasteiger partial charge in [0.2, 0.25) is 5.91 Å². The van der Waals surface area contributed by atoms with Crippen molar-refractivity contribution in [3.63, 3.8) is 0 Å². The van der Waals surface area contributed by atoms with Gasteiger partial charge in [-0.1, -0.05) is 46.3 Å². The highest BCUT2D eigenvalue weighted by Gasteiger charge is 2.34. The first-order valence-electron chi connectivity index (χ1n) is 8.04. The van der Waals surface area contributed by atoms with Crippen LogP contribution < -0.4 is 16.2 Å². The van der Waals surface area contributed by atoms with Gasteiger partial charge in [0, 0.05) is 17.1 Å². The molecule has 1 aliphatic rings. The zero-order valence-corrected chi connectivity index (χ0v) is 15.2. The van der Waals surface area contributed by atoms with Crippen molar-refractivity contribution in [2.75, 3.05) is 0 Å². The van der Waals surface area contributed by atoms with Gasteiger partial charge >= 0.3 is 6.18 Å².